The van der Waals surface area contributed by atoms with Gasteiger partial charge in [-0.3, -0.25) is 9.36 Å². The molecule has 0 aliphatic carbocycles. The summed E-state index contributed by atoms with van der Waals surface area (Å²) in [4.78, 5) is 40.9. The molecule has 0 radical (unpaired) electrons. The monoisotopic (exact) mass is 498 g/mol. The molecule has 1 amide bonds. The molecule has 3 aromatic carbocycles. The zero-order chi connectivity index (χ0) is 25.8. The summed E-state index contributed by atoms with van der Waals surface area (Å²) in [7, 11) is 4.49. The summed E-state index contributed by atoms with van der Waals surface area (Å²) in [5.41, 5.74) is 3.32. The lowest BCUT2D eigenvalue weighted by molar-refractivity contribution is 0.0603. The summed E-state index contributed by atoms with van der Waals surface area (Å²) in [5.74, 6) is 5.48. The second-order valence-electron chi connectivity index (χ2n) is 8.27. The molecule has 1 heterocycles. The number of amides is 1. The lowest BCUT2D eigenvalue weighted by atomic mass is 9.97. The maximum atomic E-state index is 13.6. The fourth-order valence-electron chi connectivity index (χ4n) is 3.82. The van der Waals surface area contributed by atoms with Gasteiger partial charge in [-0.25, -0.2) is 9.59 Å². The van der Waals surface area contributed by atoms with Gasteiger partial charge in [-0.05, 0) is 29.8 Å². The van der Waals surface area contributed by atoms with Crippen molar-refractivity contribution in [2.45, 2.75) is 5.88 Å². The Kier molecular flexibility index (Phi) is 7.23. The Hall–Kier alpha value is -4.34. The number of hydrogen-bond donors (Lipinski definition) is 0. The molecular formula is C29H23ClN2O4. The van der Waals surface area contributed by atoms with Crippen LogP contribution in [0, 0.1) is 11.8 Å². The minimum absolute atomic E-state index is 0.151. The van der Waals surface area contributed by atoms with Crippen LogP contribution in [0.1, 0.15) is 43.0 Å². The highest BCUT2D eigenvalue weighted by Gasteiger charge is 2.26. The molecule has 0 aliphatic heterocycles. The van der Waals surface area contributed by atoms with E-state index >= 15 is 0 Å². The van der Waals surface area contributed by atoms with E-state index in [-0.39, 0.29) is 22.9 Å². The Morgan fingerprint density at radius 3 is 2.19 bits per heavy atom. The highest BCUT2D eigenvalue weighted by molar-refractivity contribution is 6.21. The van der Waals surface area contributed by atoms with Crippen LogP contribution < -0.4 is 0 Å². The number of fused-ring (bicyclic) bond motifs is 1. The van der Waals surface area contributed by atoms with Gasteiger partial charge in [-0.15, -0.1) is 11.6 Å². The number of methoxy groups -OCH3 is 1. The van der Waals surface area contributed by atoms with Crippen LogP contribution in [0.15, 0.2) is 72.9 Å². The zero-order valence-corrected chi connectivity index (χ0v) is 20.8. The van der Waals surface area contributed by atoms with Gasteiger partial charge < -0.3 is 9.64 Å². The van der Waals surface area contributed by atoms with Crippen LogP contribution in [-0.2, 0) is 10.6 Å². The Bertz CT molecular complexity index is 1530. The normalized spacial score (nSPS) is 10.4. The largest absolute Gasteiger partial charge is 0.465 e. The fraction of sp³-hybridized carbons (Fsp3) is 0.138. The quantitative estimate of drug-likeness (QED) is 0.165. The molecule has 180 valence electrons. The second-order valence-corrected chi connectivity index (χ2v) is 8.54. The standard InChI is InChI=1S/C29H23ClN2O4/c1-31(2)29(35)32-18-24(27(33)22-13-11-20(17-30)12-14-22)26-23(28(34)36-3)15-21(16-25(26)32)10-9-19-7-5-4-6-8-19/h4-8,11-16,18H,17H2,1-3H3. The van der Waals surface area contributed by atoms with Crippen molar-refractivity contribution < 1.29 is 19.1 Å². The third-order valence-electron chi connectivity index (χ3n) is 5.64. The summed E-state index contributed by atoms with van der Waals surface area (Å²) >= 11 is 5.88. The van der Waals surface area contributed by atoms with Crippen LogP contribution in [0.25, 0.3) is 10.9 Å². The third kappa shape index (κ3) is 4.88. The molecule has 0 fully saturated rings. The molecule has 6 nitrogen and oxygen atoms in total. The Morgan fingerprint density at radius 2 is 1.58 bits per heavy atom. The third-order valence-corrected chi connectivity index (χ3v) is 5.95. The summed E-state index contributed by atoms with van der Waals surface area (Å²) < 4.78 is 6.39. The first kappa shape index (κ1) is 24.8. The van der Waals surface area contributed by atoms with E-state index in [0.29, 0.717) is 27.9 Å². The van der Waals surface area contributed by atoms with Crippen LogP contribution in [0.5, 0.6) is 0 Å². The van der Waals surface area contributed by atoms with Crippen molar-refractivity contribution in [1.29, 1.82) is 0 Å². The molecule has 4 rings (SSSR count). The molecule has 0 unspecified atom stereocenters. The van der Waals surface area contributed by atoms with Crippen molar-refractivity contribution in [3.63, 3.8) is 0 Å². The predicted molar refractivity (Wildman–Crippen MR) is 140 cm³/mol. The van der Waals surface area contributed by atoms with E-state index in [0.717, 1.165) is 11.1 Å². The Labute approximate surface area is 214 Å². The molecule has 4 aromatic rings. The number of aromatic nitrogens is 1. The van der Waals surface area contributed by atoms with Gasteiger partial charge in [0, 0.05) is 53.8 Å². The van der Waals surface area contributed by atoms with Crippen LogP contribution in [-0.4, -0.2) is 48.5 Å². The number of rotatable bonds is 4. The van der Waals surface area contributed by atoms with E-state index in [9.17, 15) is 14.4 Å². The van der Waals surface area contributed by atoms with Crippen molar-refractivity contribution in [1.82, 2.24) is 9.47 Å². The van der Waals surface area contributed by atoms with Crippen LogP contribution in [0.3, 0.4) is 0 Å². The van der Waals surface area contributed by atoms with E-state index in [1.165, 1.54) is 22.8 Å². The van der Waals surface area contributed by atoms with Crippen molar-refractivity contribution in [3.05, 3.63) is 106 Å². The number of benzene rings is 3. The van der Waals surface area contributed by atoms with E-state index in [1.54, 1.807) is 50.5 Å². The van der Waals surface area contributed by atoms with Gasteiger partial charge >= 0.3 is 12.0 Å². The molecule has 0 aliphatic rings. The minimum Gasteiger partial charge on any atom is -0.465 e. The van der Waals surface area contributed by atoms with Crippen LogP contribution in [0.4, 0.5) is 4.79 Å². The van der Waals surface area contributed by atoms with Gasteiger partial charge in [0.1, 0.15) is 0 Å². The summed E-state index contributed by atoms with van der Waals surface area (Å²) in [5, 5.41) is 0.328. The number of ether oxygens (including phenoxy) is 1. The lowest BCUT2D eigenvalue weighted by Crippen LogP contribution is -2.26. The Morgan fingerprint density at radius 1 is 0.917 bits per heavy atom. The van der Waals surface area contributed by atoms with Gasteiger partial charge in [-0.1, -0.05) is 54.3 Å². The zero-order valence-electron chi connectivity index (χ0n) is 20.0. The molecule has 0 bridgehead atoms. The van der Waals surface area contributed by atoms with E-state index in [2.05, 4.69) is 11.8 Å². The van der Waals surface area contributed by atoms with Crippen molar-refractivity contribution in [2.24, 2.45) is 0 Å². The van der Waals surface area contributed by atoms with Crippen LogP contribution >= 0.6 is 11.6 Å². The van der Waals surface area contributed by atoms with E-state index < -0.39 is 5.97 Å². The summed E-state index contributed by atoms with van der Waals surface area (Å²) in [6.07, 6.45) is 1.46. The molecule has 0 saturated heterocycles. The molecule has 1 aromatic heterocycles. The minimum atomic E-state index is -0.634. The van der Waals surface area contributed by atoms with Gasteiger partial charge in [-0.2, -0.15) is 0 Å². The number of halogens is 1. The average molecular weight is 499 g/mol. The molecule has 7 heteroatoms. The lowest BCUT2D eigenvalue weighted by Gasteiger charge is -2.12. The first-order valence-electron chi connectivity index (χ1n) is 11.1. The molecule has 0 spiro atoms. The van der Waals surface area contributed by atoms with Crippen molar-refractivity contribution in [3.8, 4) is 11.8 Å². The van der Waals surface area contributed by atoms with Crippen molar-refractivity contribution in [2.75, 3.05) is 21.2 Å². The number of nitrogens with zero attached hydrogens (tertiary/aromatic N) is 2. The smallest absolute Gasteiger partial charge is 0.338 e. The topological polar surface area (TPSA) is 68.6 Å². The SMILES string of the molecule is COC(=O)c1cc(C#Cc2ccccc2)cc2c1c(C(=O)c1ccc(CCl)cc1)cn2C(=O)N(C)C. The number of carbonyl (C=O) groups excluding carboxylic acids is 3. The van der Waals surface area contributed by atoms with Crippen molar-refractivity contribution >= 4 is 40.3 Å². The predicted octanol–water partition coefficient (Wildman–Crippen LogP) is 5.33. The first-order chi connectivity index (χ1) is 17.3. The molecule has 0 atom stereocenters. The number of hydrogen-bond acceptors (Lipinski definition) is 4. The average Bonchev–Trinajstić information content (AvgIpc) is 3.30. The summed E-state index contributed by atoms with van der Waals surface area (Å²) in [6, 6.07) is 19.2. The second kappa shape index (κ2) is 10.5. The number of esters is 1. The van der Waals surface area contributed by atoms with E-state index in [1.807, 2.05) is 30.3 Å². The van der Waals surface area contributed by atoms with Gasteiger partial charge in [0.25, 0.3) is 0 Å². The maximum Gasteiger partial charge on any atom is 0.338 e. The fourth-order valence-corrected chi connectivity index (χ4v) is 4.00. The number of alkyl halides is 1. The molecule has 0 N–H and O–H groups in total. The van der Waals surface area contributed by atoms with Gasteiger partial charge in [0.15, 0.2) is 5.78 Å². The van der Waals surface area contributed by atoms with E-state index in [4.69, 9.17) is 16.3 Å². The highest BCUT2D eigenvalue weighted by atomic mass is 35.5. The number of ketones is 1. The maximum absolute atomic E-state index is 13.6. The van der Waals surface area contributed by atoms with Crippen LogP contribution in [0.2, 0.25) is 0 Å². The number of carbonyl (C=O) groups is 3. The molecular weight excluding hydrogens is 476 g/mol. The highest BCUT2D eigenvalue weighted by Crippen LogP contribution is 2.30. The van der Waals surface area contributed by atoms with Gasteiger partial charge in [0.05, 0.1) is 18.2 Å². The molecule has 36 heavy (non-hydrogen) atoms. The molecule has 0 saturated carbocycles. The Balaban J connectivity index is 1.97. The summed E-state index contributed by atoms with van der Waals surface area (Å²) in [6.45, 7) is 0. The first-order valence-corrected chi connectivity index (χ1v) is 11.6. The van der Waals surface area contributed by atoms with Gasteiger partial charge in [0.2, 0.25) is 0 Å².